The van der Waals surface area contributed by atoms with Crippen molar-refractivity contribution in [2.45, 2.75) is 70.1 Å². The molecule has 0 N–H and O–H groups in total. The van der Waals surface area contributed by atoms with Crippen LogP contribution in [-0.4, -0.2) is 51.0 Å². The molecular weight excluding hydrogens is 490 g/mol. The van der Waals surface area contributed by atoms with E-state index >= 15 is 0 Å². The van der Waals surface area contributed by atoms with Gasteiger partial charge in [0.05, 0.1) is 25.9 Å². The normalized spacial score (nSPS) is 18.8. The molecule has 0 aliphatic carbocycles. The van der Waals surface area contributed by atoms with Crippen LogP contribution in [0.1, 0.15) is 52.9 Å². The Morgan fingerprint density at radius 2 is 1.68 bits per heavy atom. The minimum atomic E-state index is -2.69. The van der Waals surface area contributed by atoms with Crippen molar-refractivity contribution < 1.29 is 28.4 Å². The van der Waals surface area contributed by atoms with E-state index in [1.165, 1.54) is 17.5 Å². The van der Waals surface area contributed by atoms with E-state index in [0.717, 1.165) is 0 Å². The molecule has 1 aliphatic rings. The Morgan fingerprint density at radius 1 is 1.11 bits per heavy atom. The van der Waals surface area contributed by atoms with Crippen LogP contribution in [0.5, 0.6) is 0 Å². The summed E-state index contributed by atoms with van der Waals surface area (Å²) in [6.45, 7) is 7.05. The number of nitrogens with zero attached hydrogens (tertiary/aromatic N) is 1. The molecular formula is C28H37NO7Si. The fourth-order valence-electron chi connectivity index (χ4n) is 5.40. The van der Waals surface area contributed by atoms with Gasteiger partial charge in [-0.05, 0) is 28.3 Å². The number of nitro groups is 1. The average Bonchev–Trinajstić information content (AvgIpc) is 3.24. The molecule has 0 saturated carbocycles. The van der Waals surface area contributed by atoms with E-state index in [4.69, 9.17) is 9.16 Å². The first-order valence-electron chi connectivity index (χ1n) is 12.7. The summed E-state index contributed by atoms with van der Waals surface area (Å²) in [6, 6.07) is 19.6. The number of carbonyl (C=O) groups is 2. The molecule has 0 radical (unpaired) electrons. The van der Waals surface area contributed by atoms with E-state index in [2.05, 4.69) is 49.8 Å². The molecule has 37 heavy (non-hydrogen) atoms. The molecule has 1 saturated heterocycles. The van der Waals surface area contributed by atoms with Crippen molar-refractivity contribution in [1.82, 2.24) is 0 Å². The van der Waals surface area contributed by atoms with Crippen LogP contribution in [0, 0.1) is 16.0 Å². The number of benzene rings is 2. The second-order valence-electron chi connectivity index (χ2n) is 10.5. The molecule has 8 nitrogen and oxygen atoms in total. The van der Waals surface area contributed by atoms with Crippen molar-refractivity contribution >= 4 is 30.6 Å². The van der Waals surface area contributed by atoms with Crippen LogP contribution < -0.4 is 10.4 Å². The summed E-state index contributed by atoms with van der Waals surface area (Å²) in [5.74, 6) is -1.53. The molecule has 0 aromatic heterocycles. The summed E-state index contributed by atoms with van der Waals surface area (Å²) in [7, 11) is -1.44. The molecule has 1 unspecified atom stereocenters. The van der Waals surface area contributed by atoms with Gasteiger partial charge in [-0.3, -0.25) is 19.7 Å². The molecule has 9 heteroatoms. The molecule has 0 amide bonds. The van der Waals surface area contributed by atoms with Crippen molar-refractivity contribution in [3.8, 4) is 0 Å². The van der Waals surface area contributed by atoms with Crippen molar-refractivity contribution in [3.05, 3.63) is 70.8 Å². The molecule has 2 aromatic rings. The van der Waals surface area contributed by atoms with Gasteiger partial charge >= 0.3 is 11.9 Å². The minimum Gasteiger partial charge on any atom is -0.469 e. The Kier molecular flexibility index (Phi) is 9.61. The Balaban J connectivity index is 1.76. The number of rotatable bonds is 12. The van der Waals surface area contributed by atoms with Gasteiger partial charge in [0.2, 0.25) is 6.04 Å². The first-order chi connectivity index (χ1) is 17.6. The molecule has 3 atom stereocenters. The fraction of sp³-hybridized carbons (Fsp3) is 0.500. The number of ether oxygens (including phenoxy) is 2. The number of carbonyl (C=O) groups excluding carboxylic acids is 2. The largest absolute Gasteiger partial charge is 0.469 e. The van der Waals surface area contributed by atoms with Crippen molar-refractivity contribution in [2.24, 2.45) is 5.92 Å². The van der Waals surface area contributed by atoms with Gasteiger partial charge in [0.15, 0.2) is 0 Å². The predicted octanol–water partition coefficient (Wildman–Crippen LogP) is 3.87. The number of hydrogen-bond donors (Lipinski definition) is 0. The standard InChI is InChI=1S/C28H37NO7Si/c1-28(2,3)37(21-12-7-5-8-13-21,22-14-9-6-10-15-22)35-19-11-16-25-23(20-27(31)36-25)24(29(32)33)17-18-26(30)34-4/h5-10,12-15,23-25H,11,16-20H2,1-4H3/t23-,24?,25-/m1/s1. The summed E-state index contributed by atoms with van der Waals surface area (Å²) < 4.78 is 17.0. The maximum absolute atomic E-state index is 12.1. The monoisotopic (exact) mass is 527 g/mol. The molecule has 0 bridgehead atoms. The summed E-state index contributed by atoms with van der Waals surface area (Å²) >= 11 is 0. The van der Waals surface area contributed by atoms with Gasteiger partial charge in [0.25, 0.3) is 8.32 Å². The van der Waals surface area contributed by atoms with Crippen LogP contribution in [0.4, 0.5) is 0 Å². The van der Waals surface area contributed by atoms with Crippen molar-refractivity contribution in [1.29, 1.82) is 0 Å². The van der Waals surface area contributed by atoms with Crippen LogP contribution >= 0.6 is 0 Å². The lowest BCUT2D eigenvalue weighted by molar-refractivity contribution is -0.534. The van der Waals surface area contributed by atoms with Gasteiger partial charge in [-0.15, -0.1) is 0 Å². The van der Waals surface area contributed by atoms with E-state index < -0.39 is 43.2 Å². The maximum Gasteiger partial charge on any atom is 0.306 e. The highest BCUT2D eigenvalue weighted by atomic mass is 28.4. The SMILES string of the molecule is COC(=O)CCC([C@H]1CC(=O)O[C@@H]1CCCO[Si](c1ccccc1)(c1ccccc1)C(C)(C)C)[N+](=O)[O-]. The van der Waals surface area contributed by atoms with Crippen LogP contribution in [0.2, 0.25) is 5.04 Å². The number of cyclic esters (lactones) is 1. The zero-order chi connectivity index (χ0) is 27.1. The van der Waals surface area contributed by atoms with E-state index in [1.807, 2.05) is 36.4 Å². The quantitative estimate of drug-likeness (QED) is 0.136. The molecule has 1 heterocycles. The number of methoxy groups -OCH3 is 1. The van der Waals surface area contributed by atoms with Gasteiger partial charge in [0, 0.05) is 18.0 Å². The van der Waals surface area contributed by atoms with Gasteiger partial charge in [-0.25, -0.2) is 0 Å². The highest BCUT2D eigenvalue weighted by molar-refractivity contribution is 6.99. The highest BCUT2D eigenvalue weighted by Gasteiger charge is 2.50. The summed E-state index contributed by atoms with van der Waals surface area (Å²) in [6.07, 6.45) is 0.375. The van der Waals surface area contributed by atoms with Gasteiger partial charge < -0.3 is 13.9 Å². The third-order valence-electron chi connectivity index (χ3n) is 7.17. The summed E-state index contributed by atoms with van der Waals surface area (Å²) in [5, 5.41) is 14.0. The Morgan fingerprint density at radius 3 is 2.16 bits per heavy atom. The van der Waals surface area contributed by atoms with Crippen LogP contribution in [0.15, 0.2) is 60.7 Å². The lowest BCUT2D eigenvalue weighted by Gasteiger charge is -2.43. The molecule has 1 fully saturated rings. The van der Waals surface area contributed by atoms with Crippen molar-refractivity contribution in [2.75, 3.05) is 13.7 Å². The highest BCUT2D eigenvalue weighted by Crippen LogP contribution is 2.37. The second-order valence-corrected chi connectivity index (χ2v) is 14.8. The van der Waals surface area contributed by atoms with Gasteiger partial charge in [-0.2, -0.15) is 0 Å². The van der Waals surface area contributed by atoms with Crippen LogP contribution in [-0.2, 0) is 23.5 Å². The Bertz CT molecular complexity index is 1020. The van der Waals surface area contributed by atoms with E-state index in [1.54, 1.807) is 0 Å². The van der Waals surface area contributed by atoms with Gasteiger partial charge in [-0.1, -0.05) is 81.4 Å². The van der Waals surface area contributed by atoms with E-state index in [0.29, 0.717) is 19.4 Å². The van der Waals surface area contributed by atoms with Crippen LogP contribution in [0.3, 0.4) is 0 Å². The Hall–Kier alpha value is -3.04. The third kappa shape index (κ3) is 6.64. The summed E-state index contributed by atoms with van der Waals surface area (Å²) in [4.78, 5) is 35.1. The molecule has 1 aliphatic heterocycles. The Labute approximate surface area is 219 Å². The smallest absolute Gasteiger partial charge is 0.306 e. The van der Waals surface area contributed by atoms with Crippen LogP contribution in [0.25, 0.3) is 0 Å². The lowest BCUT2D eigenvalue weighted by Crippen LogP contribution is -2.66. The topological polar surface area (TPSA) is 105 Å². The molecule has 2 aromatic carbocycles. The van der Waals surface area contributed by atoms with Gasteiger partial charge in [0.1, 0.15) is 6.10 Å². The molecule has 3 rings (SSSR count). The summed E-state index contributed by atoms with van der Waals surface area (Å²) in [5.41, 5.74) is 0. The van der Waals surface area contributed by atoms with E-state index in [9.17, 15) is 19.7 Å². The second kappa shape index (κ2) is 12.5. The minimum absolute atomic E-state index is 0.00996. The predicted molar refractivity (Wildman–Crippen MR) is 143 cm³/mol. The number of esters is 2. The number of hydrogen-bond acceptors (Lipinski definition) is 7. The average molecular weight is 528 g/mol. The zero-order valence-electron chi connectivity index (χ0n) is 22.1. The lowest BCUT2D eigenvalue weighted by atomic mass is 9.88. The van der Waals surface area contributed by atoms with Crippen molar-refractivity contribution in [3.63, 3.8) is 0 Å². The first-order valence-corrected chi connectivity index (χ1v) is 14.7. The molecule has 0 spiro atoms. The maximum atomic E-state index is 12.1. The third-order valence-corrected chi connectivity index (χ3v) is 12.2. The zero-order valence-corrected chi connectivity index (χ0v) is 23.1. The molecule has 200 valence electrons. The first kappa shape index (κ1) is 28.5. The van der Waals surface area contributed by atoms with E-state index in [-0.39, 0.29) is 24.3 Å². The fourth-order valence-corrected chi connectivity index (χ4v) is 10.0.